The van der Waals surface area contributed by atoms with Crippen molar-refractivity contribution < 1.29 is 9.13 Å². The zero-order valence-corrected chi connectivity index (χ0v) is 17.2. The van der Waals surface area contributed by atoms with Gasteiger partial charge in [0.15, 0.2) is 0 Å². The third-order valence-electron chi connectivity index (χ3n) is 4.33. The van der Waals surface area contributed by atoms with E-state index in [-0.39, 0.29) is 6.10 Å². The minimum Gasteiger partial charge on any atom is -0.481 e. The highest BCUT2D eigenvalue weighted by Crippen LogP contribution is 2.35. The second-order valence-corrected chi connectivity index (χ2v) is 7.47. The van der Waals surface area contributed by atoms with Crippen LogP contribution in [0.5, 0.6) is 5.75 Å². The fourth-order valence-corrected chi connectivity index (χ4v) is 3.75. The summed E-state index contributed by atoms with van der Waals surface area (Å²) in [6.07, 6.45) is 2.85. The predicted octanol–water partition coefficient (Wildman–Crippen LogP) is 5.78. The minimum absolute atomic E-state index is 0.322. The summed E-state index contributed by atoms with van der Waals surface area (Å²) in [6, 6.07) is 8.01. The van der Waals surface area contributed by atoms with Crippen LogP contribution < -0.4 is 10.1 Å². The van der Waals surface area contributed by atoms with Crippen molar-refractivity contribution in [2.24, 2.45) is 4.36 Å². The lowest BCUT2D eigenvalue weighted by atomic mass is 10.1. The SMILES string of the molecule is Cc1cc(N=S)cc2ncnc(Nc3ccc(F)cc3OC(C)c3nccs3)c12. The first-order valence-electron chi connectivity index (χ1n) is 8.76. The van der Waals surface area contributed by atoms with E-state index in [1.165, 1.54) is 29.8 Å². The lowest BCUT2D eigenvalue weighted by Crippen LogP contribution is -2.06. The van der Waals surface area contributed by atoms with Gasteiger partial charge in [-0.15, -0.1) is 11.3 Å². The van der Waals surface area contributed by atoms with E-state index in [1.54, 1.807) is 18.3 Å². The van der Waals surface area contributed by atoms with Crippen molar-refractivity contribution in [3.05, 3.63) is 64.6 Å². The molecule has 1 atom stereocenters. The first-order chi connectivity index (χ1) is 14.0. The first-order valence-corrected chi connectivity index (χ1v) is 10.0. The van der Waals surface area contributed by atoms with Crippen molar-refractivity contribution >= 4 is 51.9 Å². The summed E-state index contributed by atoms with van der Waals surface area (Å²) < 4.78 is 23.7. The maximum Gasteiger partial charge on any atom is 0.147 e. The van der Waals surface area contributed by atoms with Gasteiger partial charge in [0.25, 0.3) is 0 Å². The quantitative estimate of drug-likeness (QED) is 0.422. The number of hydrogen-bond acceptors (Lipinski definition) is 8. The van der Waals surface area contributed by atoms with E-state index >= 15 is 0 Å². The Kier molecular flexibility index (Phi) is 5.41. The monoisotopic (exact) mass is 425 g/mol. The minimum atomic E-state index is -0.391. The molecule has 0 saturated heterocycles. The number of nitrogens with one attached hydrogen (secondary N) is 1. The predicted molar refractivity (Wildman–Crippen MR) is 115 cm³/mol. The zero-order chi connectivity index (χ0) is 20.4. The first kappa shape index (κ1) is 19.3. The molecule has 4 aromatic rings. The number of aryl methyl sites for hydroxylation is 1. The lowest BCUT2D eigenvalue weighted by Gasteiger charge is -2.17. The van der Waals surface area contributed by atoms with Crippen molar-refractivity contribution in [3.63, 3.8) is 0 Å². The van der Waals surface area contributed by atoms with E-state index in [9.17, 15) is 4.39 Å². The van der Waals surface area contributed by atoms with Crippen LogP contribution in [0.3, 0.4) is 0 Å². The molecular formula is C20H16FN5OS2. The number of benzene rings is 2. The van der Waals surface area contributed by atoms with Crippen LogP contribution in [0.2, 0.25) is 0 Å². The molecule has 1 N–H and O–H groups in total. The maximum absolute atomic E-state index is 13.9. The number of anilines is 2. The maximum atomic E-state index is 13.9. The van der Waals surface area contributed by atoms with Crippen molar-refractivity contribution in [2.45, 2.75) is 20.0 Å². The second-order valence-electron chi connectivity index (χ2n) is 6.37. The molecular weight excluding hydrogens is 409 g/mol. The average molecular weight is 426 g/mol. The molecule has 0 aliphatic rings. The average Bonchev–Trinajstić information content (AvgIpc) is 3.25. The van der Waals surface area contributed by atoms with Gasteiger partial charge >= 0.3 is 0 Å². The van der Waals surface area contributed by atoms with Gasteiger partial charge in [-0.25, -0.2) is 19.3 Å². The molecule has 0 aliphatic heterocycles. The van der Waals surface area contributed by atoms with Crippen LogP contribution in [0.4, 0.5) is 21.6 Å². The fourth-order valence-electron chi connectivity index (χ4n) is 3.02. The van der Waals surface area contributed by atoms with Gasteiger partial charge in [-0.05, 0) is 43.7 Å². The molecule has 0 amide bonds. The van der Waals surface area contributed by atoms with Crippen LogP contribution in [0.25, 0.3) is 10.9 Å². The lowest BCUT2D eigenvalue weighted by molar-refractivity contribution is 0.227. The van der Waals surface area contributed by atoms with E-state index < -0.39 is 5.82 Å². The summed E-state index contributed by atoms with van der Waals surface area (Å²) in [4.78, 5) is 12.9. The fraction of sp³-hybridized carbons (Fsp3) is 0.150. The molecule has 0 bridgehead atoms. The number of thiazole rings is 1. The molecule has 1 unspecified atom stereocenters. The summed E-state index contributed by atoms with van der Waals surface area (Å²) in [7, 11) is 0. The Morgan fingerprint density at radius 3 is 2.83 bits per heavy atom. The number of ether oxygens (including phenoxy) is 1. The van der Waals surface area contributed by atoms with Crippen LogP contribution in [-0.4, -0.2) is 15.0 Å². The Balaban J connectivity index is 1.72. The molecule has 0 saturated carbocycles. The van der Waals surface area contributed by atoms with Gasteiger partial charge in [0.1, 0.15) is 34.8 Å². The van der Waals surface area contributed by atoms with Crippen LogP contribution in [-0.2, 0) is 12.4 Å². The Labute approximate surface area is 176 Å². The molecule has 0 aliphatic carbocycles. The van der Waals surface area contributed by atoms with Gasteiger partial charge in [-0.1, -0.05) is 0 Å². The van der Waals surface area contributed by atoms with Gasteiger partial charge in [-0.2, -0.15) is 4.36 Å². The Bertz CT molecular complexity index is 1180. The van der Waals surface area contributed by atoms with Gasteiger partial charge in [0, 0.05) is 35.5 Å². The number of nitrogens with zero attached hydrogens (tertiary/aromatic N) is 4. The van der Waals surface area contributed by atoms with Crippen molar-refractivity contribution in [1.82, 2.24) is 15.0 Å². The molecule has 2 heterocycles. The normalized spacial score (nSPS) is 12.0. The zero-order valence-electron chi connectivity index (χ0n) is 15.6. The summed E-state index contributed by atoms with van der Waals surface area (Å²) in [6.45, 7) is 3.81. The van der Waals surface area contributed by atoms with E-state index in [0.29, 0.717) is 28.5 Å². The largest absolute Gasteiger partial charge is 0.481 e. The van der Waals surface area contributed by atoms with E-state index in [0.717, 1.165) is 16.0 Å². The molecule has 2 aromatic carbocycles. The summed E-state index contributed by atoms with van der Waals surface area (Å²) in [5.41, 5.74) is 2.89. The van der Waals surface area contributed by atoms with Crippen molar-refractivity contribution in [1.29, 1.82) is 0 Å². The highest BCUT2D eigenvalue weighted by molar-refractivity contribution is 7.47. The third-order valence-corrected chi connectivity index (χ3v) is 5.47. The van der Waals surface area contributed by atoms with Crippen LogP contribution in [0.1, 0.15) is 23.6 Å². The molecule has 0 spiro atoms. The number of halogens is 1. The Morgan fingerprint density at radius 2 is 2.07 bits per heavy atom. The molecule has 4 rings (SSSR count). The summed E-state index contributed by atoms with van der Waals surface area (Å²) in [5.74, 6) is 0.563. The highest BCUT2D eigenvalue weighted by Gasteiger charge is 2.16. The van der Waals surface area contributed by atoms with Crippen LogP contribution in [0.15, 0.2) is 52.6 Å². The number of hydrogen-bond donors (Lipinski definition) is 1. The van der Waals surface area contributed by atoms with E-state index in [4.69, 9.17) is 17.2 Å². The summed E-state index contributed by atoms with van der Waals surface area (Å²) in [5, 5.41) is 6.77. The van der Waals surface area contributed by atoms with Crippen LogP contribution >= 0.6 is 11.3 Å². The Morgan fingerprint density at radius 1 is 1.21 bits per heavy atom. The summed E-state index contributed by atoms with van der Waals surface area (Å²) >= 11 is 6.28. The van der Waals surface area contributed by atoms with E-state index in [1.807, 2.05) is 25.3 Å². The molecule has 6 nitrogen and oxygen atoms in total. The molecule has 146 valence electrons. The molecule has 29 heavy (non-hydrogen) atoms. The molecule has 9 heteroatoms. The van der Waals surface area contributed by atoms with Crippen molar-refractivity contribution in [3.8, 4) is 5.75 Å². The third kappa shape index (κ3) is 4.06. The number of rotatable bonds is 6. The van der Waals surface area contributed by atoms with Crippen LogP contribution in [0, 0.1) is 12.7 Å². The highest BCUT2D eigenvalue weighted by atomic mass is 32.1. The van der Waals surface area contributed by atoms with Gasteiger partial charge in [-0.3, -0.25) is 0 Å². The Hall–Kier alpha value is -3.04. The van der Waals surface area contributed by atoms with Gasteiger partial charge < -0.3 is 10.1 Å². The van der Waals surface area contributed by atoms with Gasteiger partial charge in [0.2, 0.25) is 0 Å². The molecule has 0 radical (unpaired) electrons. The standard InChI is InChI=1S/C20H16FN5OS2/c1-11-7-14(26-28)9-16-18(11)19(24-10-23-16)25-15-4-3-13(21)8-17(15)27-12(2)20-22-5-6-29-20/h3-10,12H,1-2H3,(H,23,24,25). The smallest absolute Gasteiger partial charge is 0.147 e. The van der Waals surface area contributed by atoms with E-state index in [2.05, 4.69) is 24.6 Å². The van der Waals surface area contributed by atoms with Crippen molar-refractivity contribution in [2.75, 3.05) is 5.32 Å². The molecule has 0 fully saturated rings. The second kappa shape index (κ2) is 8.14. The number of aromatic nitrogens is 3. The van der Waals surface area contributed by atoms with Gasteiger partial charge in [0.05, 0.1) is 16.9 Å². The molecule has 2 aromatic heterocycles. The number of fused-ring (bicyclic) bond motifs is 1. The topological polar surface area (TPSA) is 72.3 Å².